The van der Waals surface area contributed by atoms with E-state index in [-0.39, 0.29) is 61.5 Å². The average molecular weight is 749 g/mol. The second kappa shape index (κ2) is 14.1. The van der Waals surface area contributed by atoms with Crippen molar-refractivity contribution >= 4 is 75.0 Å². The van der Waals surface area contributed by atoms with Gasteiger partial charge in [-0.15, -0.1) is 0 Å². The highest BCUT2D eigenvalue weighted by molar-refractivity contribution is 6.39. The maximum absolute atomic E-state index is 13.6. The van der Waals surface area contributed by atoms with Gasteiger partial charge in [-0.25, -0.2) is 18.2 Å². The van der Waals surface area contributed by atoms with Gasteiger partial charge in [0.2, 0.25) is 5.95 Å². The molecule has 0 atom stereocenters. The number of ether oxygens (including phenoxy) is 1. The summed E-state index contributed by atoms with van der Waals surface area (Å²) in [6, 6.07) is 9.70. The van der Waals surface area contributed by atoms with Crippen LogP contribution in [0.3, 0.4) is 0 Å². The lowest BCUT2D eigenvalue weighted by Gasteiger charge is -2.14. The van der Waals surface area contributed by atoms with Crippen molar-refractivity contribution in [1.82, 2.24) is 24.6 Å². The zero-order valence-electron chi connectivity index (χ0n) is 25.0. The summed E-state index contributed by atoms with van der Waals surface area (Å²) >= 11 is 18.8. The molecule has 3 aromatic carbocycles. The minimum absolute atomic E-state index is 0.0415. The van der Waals surface area contributed by atoms with E-state index in [1.165, 1.54) is 48.0 Å². The van der Waals surface area contributed by atoms with Gasteiger partial charge in [0.25, 0.3) is 18.2 Å². The highest BCUT2D eigenvalue weighted by Crippen LogP contribution is 2.37. The van der Waals surface area contributed by atoms with Gasteiger partial charge in [0, 0.05) is 38.5 Å². The Bertz CT molecular complexity index is 2080. The number of rotatable bonds is 10. The van der Waals surface area contributed by atoms with Crippen LogP contribution in [0.1, 0.15) is 32.1 Å². The summed E-state index contributed by atoms with van der Waals surface area (Å²) in [5, 5.41) is 11.2. The van der Waals surface area contributed by atoms with Crippen molar-refractivity contribution < 1.29 is 40.7 Å². The van der Waals surface area contributed by atoms with Crippen LogP contribution in [-0.4, -0.2) is 44.2 Å². The van der Waals surface area contributed by atoms with Crippen molar-refractivity contribution in [2.75, 3.05) is 17.2 Å². The number of alkyl halides is 5. The maximum atomic E-state index is 13.6. The van der Waals surface area contributed by atoms with E-state index in [0.29, 0.717) is 17.1 Å². The van der Waals surface area contributed by atoms with Crippen LogP contribution >= 0.6 is 34.8 Å². The Morgan fingerprint density at radius 1 is 0.980 bits per heavy atom. The molecule has 0 saturated heterocycles. The molecule has 49 heavy (non-hydrogen) atoms. The monoisotopic (exact) mass is 747 g/mol. The van der Waals surface area contributed by atoms with Crippen LogP contribution in [0.2, 0.25) is 15.1 Å². The third kappa shape index (κ3) is 7.81. The van der Waals surface area contributed by atoms with E-state index in [0.717, 1.165) is 10.7 Å². The van der Waals surface area contributed by atoms with Crippen molar-refractivity contribution in [2.45, 2.75) is 19.1 Å². The number of nitrogens with one attached hydrogen (secondary N) is 3. The number of amides is 2. The quantitative estimate of drug-likeness (QED) is 0.125. The normalized spacial score (nSPS) is 11.7. The lowest BCUT2D eigenvalue weighted by Crippen LogP contribution is -2.25. The lowest BCUT2D eigenvalue weighted by molar-refractivity contribution is -0.141. The van der Waals surface area contributed by atoms with Crippen LogP contribution in [-0.2, 0) is 26.8 Å². The molecular formula is C30H22Cl3F6N7O3. The molecular weight excluding hydrogens is 727 g/mol. The fourth-order valence-electron chi connectivity index (χ4n) is 4.60. The largest absolute Gasteiger partial charge is 0.487 e. The third-order valence-corrected chi connectivity index (χ3v) is 8.06. The Hall–Kier alpha value is -4.67. The van der Waals surface area contributed by atoms with Crippen LogP contribution in [0.4, 0.5) is 43.7 Å². The molecule has 5 rings (SSSR count). The van der Waals surface area contributed by atoms with Gasteiger partial charge in [-0.1, -0.05) is 40.9 Å². The first-order chi connectivity index (χ1) is 23.0. The second-order valence-electron chi connectivity index (χ2n) is 10.4. The number of anilines is 3. The fourth-order valence-corrected chi connectivity index (χ4v) is 5.31. The van der Waals surface area contributed by atoms with E-state index < -0.39 is 42.5 Å². The van der Waals surface area contributed by atoms with Gasteiger partial charge in [0.05, 0.1) is 37.4 Å². The van der Waals surface area contributed by atoms with E-state index in [1.807, 2.05) is 0 Å². The summed E-state index contributed by atoms with van der Waals surface area (Å²) in [6.07, 6.45) is -7.59. The van der Waals surface area contributed by atoms with Gasteiger partial charge in [-0.3, -0.25) is 14.3 Å². The number of aromatic nitrogens is 4. The third-order valence-electron chi connectivity index (χ3n) is 7.02. The van der Waals surface area contributed by atoms with E-state index in [2.05, 4.69) is 26.0 Å². The molecule has 5 aromatic rings. The Morgan fingerprint density at radius 3 is 2.37 bits per heavy atom. The van der Waals surface area contributed by atoms with E-state index in [4.69, 9.17) is 39.5 Å². The standard InChI is InChI=1S/C30H22Cl3F6N7O3/c1-45-20-9-22(49-12-24(35)36)15(27(47)41-14-4-6-18(34)17(32)7-14)8-19(20)42-29(45)43-26-16(31)5-3-13(25(26)33)11-40-28(48)21-10-23(30(37,38)39)44-46(21)2/h3-10,24H,11-12H2,1-2H3,(H,40,48)(H,41,47)(H,42,43). The summed E-state index contributed by atoms with van der Waals surface area (Å²) in [5.74, 6) is -2.39. The summed E-state index contributed by atoms with van der Waals surface area (Å²) in [5.41, 5.74) is -0.539. The first-order valence-corrected chi connectivity index (χ1v) is 15.0. The van der Waals surface area contributed by atoms with Crippen LogP contribution in [0.15, 0.2) is 48.5 Å². The maximum Gasteiger partial charge on any atom is 0.435 e. The molecule has 2 aromatic heterocycles. The van der Waals surface area contributed by atoms with Gasteiger partial charge in [0.1, 0.15) is 23.9 Å². The molecule has 0 unspecified atom stereocenters. The average Bonchev–Trinajstić information content (AvgIpc) is 3.58. The topological polar surface area (TPSA) is 115 Å². The predicted octanol–water partition coefficient (Wildman–Crippen LogP) is 7.99. The van der Waals surface area contributed by atoms with E-state index in [9.17, 15) is 35.9 Å². The van der Waals surface area contributed by atoms with Crippen molar-refractivity contribution in [3.05, 3.63) is 91.9 Å². The number of fused-ring (bicyclic) bond motifs is 1. The molecule has 0 aliphatic heterocycles. The molecule has 10 nitrogen and oxygen atoms in total. The van der Waals surface area contributed by atoms with Crippen molar-refractivity contribution in [2.24, 2.45) is 14.1 Å². The molecule has 0 aliphatic carbocycles. The Labute approximate surface area is 287 Å². The minimum atomic E-state index is -4.74. The highest BCUT2D eigenvalue weighted by Gasteiger charge is 2.35. The summed E-state index contributed by atoms with van der Waals surface area (Å²) in [7, 11) is 2.77. The summed E-state index contributed by atoms with van der Waals surface area (Å²) in [4.78, 5) is 30.3. The minimum Gasteiger partial charge on any atom is -0.487 e. The van der Waals surface area contributed by atoms with Crippen LogP contribution in [0.5, 0.6) is 5.75 Å². The number of carbonyl (C=O) groups excluding carboxylic acids is 2. The number of benzene rings is 3. The zero-order valence-corrected chi connectivity index (χ0v) is 27.3. The molecule has 0 saturated carbocycles. The predicted molar refractivity (Wildman–Crippen MR) is 171 cm³/mol. The van der Waals surface area contributed by atoms with Crippen molar-refractivity contribution in [3.8, 4) is 5.75 Å². The number of carbonyl (C=O) groups is 2. The van der Waals surface area contributed by atoms with Gasteiger partial charge < -0.3 is 25.3 Å². The van der Waals surface area contributed by atoms with Gasteiger partial charge >= 0.3 is 6.18 Å². The smallest absolute Gasteiger partial charge is 0.435 e. The Morgan fingerprint density at radius 2 is 1.71 bits per heavy atom. The number of aryl methyl sites for hydroxylation is 2. The molecule has 0 spiro atoms. The van der Waals surface area contributed by atoms with E-state index in [1.54, 1.807) is 7.05 Å². The highest BCUT2D eigenvalue weighted by atomic mass is 35.5. The molecule has 0 bridgehead atoms. The molecule has 2 amide bonds. The number of imidazole rings is 1. The second-order valence-corrected chi connectivity index (χ2v) is 11.5. The number of hydrogen-bond acceptors (Lipinski definition) is 6. The van der Waals surface area contributed by atoms with Crippen LogP contribution in [0.25, 0.3) is 11.0 Å². The molecule has 258 valence electrons. The van der Waals surface area contributed by atoms with Gasteiger partial charge in [-0.05, 0) is 35.9 Å². The van der Waals surface area contributed by atoms with Gasteiger partial charge in [0.15, 0.2) is 5.69 Å². The molecule has 0 radical (unpaired) electrons. The lowest BCUT2D eigenvalue weighted by atomic mass is 10.1. The Balaban J connectivity index is 1.42. The van der Waals surface area contributed by atoms with Gasteiger partial charge in [-0.2, -0.15) is 18.3 Å². The number of halogens is 9. The van der Waals surface area contributed by atoms with Crippen LogP contribution in [0, 0.1) is 5.82 Å². The SMILES string of the molecule is Cn1nc(C(F)(F)F)cc1C(=O)NCc1ccc(Cl)c(Nc2nc3cc(C(=O)Nc4ccc(F)c(Cl)c4)c(OCC(F)F)cc3n2C)c1Cl. The zero-order chi connectivity index (χ0) is 35.8. The number of nitrogens with zero attached hydrogens (tertiary/aromatic N) is 4. The van der Waals surface area contributed by atoms with Crippen molar-refractivity contribution in [3.63, 3.8) is 0 Å². The summed E-state index contributed by atoms with van der Waals surface area (Å²) in [6.45, 7) is -1.23. The van der Waals surface area contributed by atoms with Crippen LogP contribution < -0.4 is 20.7 Å². The van der Waals surface area contributed by atoms with Crippen molar-refractivity contribution in [1.29, 1.82) is 0 Å². The Kier molecular flexibility index (Phi) is 10.2. The molecule has 0 aliphatic rings. The fraction of sp³-hybridized carbons (Fsp3) is 0.200. The first kappa shape index (κ1) is 35.6. The molecule has 3 N–H and O–H groups in total. The molecule has 0 fully saturated rings. The molecule has 2 heterocycles. The first-order valence-electron chi connectivity index (χ1n) is 13.8. The molecule has 19 heteroatoms. The summed E-state index contributed by atoms with van der Waals surface area (Å²) < 4.78 is 86.4. The number of hydrogen-bond donors (Lipinski definition) is 3. The van der Waals surface area contributed by atoms with E-state index >= 15 is 0 Å².